The quantitative estimate of drug-likeness (QED) is 0.792. The third-order valence-corrected chi connectivity index (χ3v) is 2.72. The standard InChI is InChI=1S/C11H16N4O/c1-9(16)14-10-3-2-6-15(7-10)11-4-5-12-8-13-11/h4-5,8,10H,2-3,6-7H2,1H3,(H,14,16). The van der Waals surface area contributed by atoms with Crippen LogP contribution in [0.5, 0.6) is 0 Å². The number of carbonyl (C=O) groups excluding carboxylic acids is 1. The first-order valence-electron chi connectivity index (χ1n) is 5.54. The van der Waals surface area contributed by atoms with E-state index in [1.54, 1.807) is 19.4 Å². The molecule has 1 aliphatic heterocycles. The van der Waals surface area contributed by atoms with Crippen molar-refractivity contribution in [3.05, 3.63) is 18.6 Å². The molecule has 16 heavy (non-hydrogen) atoms. The van der Waals surface area contributed by atoms with Crippen molar-refractivity contribution < 1.29 is 4.79 Å². The molecule has 1 aliphatic rings. The summed E-state index contributed by atoms with van der Waals surface area (Å²) >= 11 is 0. The van der Waals surface area contributed by atoms with Crippen LogP contribution in [-0.2, 0) is 4.79 Å². The SMILES string of the molecule is CC(=O)NC1CCCN(c2ccncn2)C1. The number of rotatable bonds is 2. The van der Waals surface area contributed by atoms with E-state index >= 15 is 0 Å². The van der Waals surface area contributed by atoms with Crippen molar-refractivity contribution in [2.45, 2.75) is 25.8 Å². The first-order chi connectivity index (χ1) is 7.75. The van der Waals surface area contributed by atoms with Gasteiger partial charge in [-0.1, -0.05) is 0 Å². The summed E-state index contributed by atoms with van der Waals surface area (Å²) in [6.07, 6.45) is 5.41. The van der Waals surface area contributed by atoms with E-state index in [4.69, 9.17) is 0 Å². The Bertz CT molecular complexity index is 354. The number of nitrogens with zero attached hydrogens (tertiary/aromatic N) is 3. The van der Waals surface area contributed by atoms with Crippen LogP contribution in [0.3, 0.4) is 0 Å². The summed E-state index contributed by atoms with van der Waals surface area (Å²) in [5.74, 6) is 0.972. The van der Waals surface area contributed by atoms with Gasteiger partial charge in [-0.15, -0.1) is 0 Å². The zero-order valence-corrected chi connectivity index (χ0v) is 9.39. The lowest BCUT2D eigenvalue weighted by Crippen LogP contribution is -2.47. The molecule has 0 radical (unpaired) electrons. The van der Waals surface area contributed by atoms with Crippen molar-refractivity contribution in [1.82, 2.24) is 15.3 Å². The average Bonchev–Trinajstić information content (AvgIpc) is 2.30. The van der Waals surface area contributed by atoms with Crippen LogP contribution in [0.4, 0.5) is 5.82 Å². The van der Waals surface area contributed by atoms with Crippen molar-refractivity contribution in [1.29, 1.82) is 0 Å². The predicted molar refractivity (Wildman–Crippen MR) is 61.1 cm³/mol. The molecule has 1 fully saturated rings. The summed E-state index contributed by atoms with van der Waals surface area (Å²) in [5.41, 5.74) is 0. The van der Waals surface area contributed by atoms with E-state index in [0.717, 1.165) is 31.7 Å². The van der Waals surface area contributed by atoms with E-state index in [0.29, 0.717) is 0 Å². The van der Waals surface area contributed by atoms with Crippen molar-refractivity contribution in [2.75, 3.05) is 18.0 Å². The highest BCUT2D eigenvalue weighted by Gasteiger charge is 2.20. The van der Waals surface area contributed by atoms with Gasteiger partial charge in [0.1, 0.15) is 12.1 Å². The van der Waals surface area contributed by atoms with Crippen molar-refractivity contribution in [3.63, 3.8) is 0 Å². The highest BCUT2D eigenvalue weighted by Crippen LogP contribution is 2.16. The summed E-state index contributed by atoms with van der Waals surface area (Å²) in [6.45, 7) is 3.38. The number of anilines is 1. The van der Waals surface area contributed by atoms with Crippen LogP contribution in [0, 0.1) is 0 Å². The Morgan fingerprint density at radius 1 is 1.62 bits per heavy atom. The van der Waals surface area contributed by atoms with Gasteiger partial charge in [0.15, 0.2) is 0 Å². The Morgan fingerprint density at radius 3 is 3.19 bits per heavy atom. The van der Waals surface area contributed by atoms with Crippen molar-refractivity contribution in [3.8, 4) is 0 Å². The lowest BCUT2D eigenvalue weighted by atomic mass is 10.1. The van der Waals surface area contributed by atoms with Gasteiger partial charge in [-0.25, -0.2) is 9.97 Å². The topological polar surface area (TPSA) is 58.1 Å². The Balaban J connectivity index is 1.99. The van der Waals surface area contributed by atoms with Crippen LogP contribution >= 0.6 is 0 Å². The fourth-order valence-corrected chi connectivity index (χ4v) is 2.06. The normalized spacial score (nSPS) is 20.6. The van der Waals surface area contributed by atoms with E-state index < -0.39 is 0 Å². The molecule has 0 bridgehead atoms. The van der Waals surface area contributed by atoms with Crippen LogP contribution in [-0.4, -0.2) is 35.0 Å². The molecule has 86 valence electrons. The molecule has 5 heteroatoms. The minimum Gasteiger partial charge on any atom is -0.354 e. The summed E-state index contributed by atoms with van der Waals surface area (Å²) in [6, 6.07) is 2.14. The number of aromatic nitrogens is 2. The summed E-state index contributed by atoms with van der Waals surface area (Å²) in [7, 11) is 0. The number of nitrogens with one attached hydrogen (secondary N) is 1. The molecule has 5 nitrogen and oxygen atoms in total. The second-order valence-corrected chi connectivity index (χ2v) is 4.05. The third-order valence-electron chi connectivity index (χ3n) is 2.72. The maximum Gasteiger partial charge on any atom is 0.217 e. The van der Waals surface area contributed by atoms with Crippen molar-refractivity contribution in [2.24, 2.45) is 0 Å². The highest BCUT2D eigenvalue weighted by molar-refractivity contribution is 5.73. The zero-order valence-electron chi connectivity index (χ0n) is 9.39. The Labute approximate surface area is 94.9 Å². The van der Waals surface area contributed by atoms with Crippen LogP contribution in [0.15, 0.2) is 18.6 Å². The van der Waals surface area contributed by atoms with Gasteiger partial charge >= 0.3 is 0 Å². The molecule has 1 aromatic heterocycles. The molecule has 1 N–H and O–H groups in total. The highest BCUT2D eigenvalue weighted by atomic mass is 16.1. The van der Waals surface area contributed by atoms with E-state index in [1.165, 1.54) is 0 Å². The minimum atomic E-state index is 0.0366. The average molecular weight is 220 g/mol. The minimum absolute atomic E-state index is 0.0366. The van der Waals surface area contributed by atoms with Crippen LogP contribution in [0.1, 0.15) is 19.8 Å². The van der Waals surface area contributed by atoms with Crippen molar-refractivity contribution >= 4 is 11.7 Å². The lowest BCUT2D eigenvalue weighted by molar-refractivity contribution is -0.119. The first kappa shape index (κ1) is 10.9. The van der Waals surface area contributed by atoms with Crippen LogP contribution in [0.25, 0.3) is 0 Å². The molecule has 2 heterocycles. The molecular formula is C11H16N4O. The number of carbonyl (C=O) groups is 1. The Morgan fingerprint density at radius 2 is 2.50 bits per heavy atom. The van der Waals surface area contributed by atoms with Crippen LogP contribution < -0.4 is 10.2 Å². The maximum absolute atomic E-state index is 11.0. The summed E-state index contributed by atoms with van der Waals surface area (Å²) in [5, 5.41) is 2.96. The molecule has 0 aliphatic carbocycles. The van der Waals surface area contributed by atoms with Gasteiger partial charge in [0, 0.05) is 32.3 Å². The second-order valence-electron chi connectivity index (χ2n) is 4.05. The first-order valence-corrected chi connectivity index (χ1v) is 5.54. The third kappa shape index (κ3) is 2.68. The fraction of sp³-hybridized carbons (Fsp3) is 0.545. The van der Waals surface area contributed by atoms with Gasteiger partial charge in [0.25, 0.3) is 0 Å². The molecule has 2 rings (SSSR count). The Kier molecular flexibility index (Phi) is 3.34. The lowest BCUT2D eigenvalue weighted by Gasteiger charge is -2.33. The zero-order chi connectivity index (χ0) is 11.4. The van der Waals surface area contributed by atoms with E-state index in [2.05, 4.69) is 20.2 Å². The molecule has 0 saturated carbocycles. The van der Waals surface area contributed by atoms with Gasteiger partial charge in [0.2, 0.25) is 5.91 Å². The largest absolute Gasteiger partial charge is 0.354 e. The van der Waals surface area contributed by atoms with Gasteiger partial charge in [0.05, 0.1) is 0 Å². The van der Waals surface area contributed by atoms with Gasteiger partial charge in [-0.2, -0.15) is 0 Å². The second kappa shape index (κ2) is 4.92. The van der Waals surface area contributed by atoms with Gasteiger partial charge < -0.3 is 10.2 Å². The number of piperidine rings is 1. The predicted octanol–water partition coefficient (Wildman–Crippen LogP) is 0.582. The smallest absolute Gasteiger partial charge is 0.217 e. The summed E-state index contributed by atoms with van der Waals surface area (Å²) < 4.78 is 0. The number of amides is 1. The molecule has 1 atom stereocenters. The van der Waals surface area contributed by atoms with Gasteiger partial charge in [-0.05, 0) is 18.9 Å². The molecule has 1 unspecified atom stereocenters. The molecule has 1 amide bonds. The van der Waals surface area contributed by atoms with E-state index in [1.807, 2.05) is 6.07 Å². The van der Waals surface area contributed by atoms with Gasteiger partial charge in [-0.3, -0.25) is 4.79 Å². The molecule has 0 spiro atoms. The Hall–Kier alpha value is -1.65. The van der Waals surface area contributed by atoms with Crippen LogP contribution in [0.2, 0.25) is 0 Å². The maximum atomic E-state index is 11.0. The monoisotopic (exact) mass is 220 g/mol. The van der Waals surface area contributed by atoms with E-state index in [-0.39, 0.29) is 11.9 Å². The fourth-order valence-electron chi connectivity index (χ4n) is 2.06. The number of hydrogen-bond acceptors (Lipinski definition) is 4. The molecular weight excluding hydrogens is 204 g/mol. The van der Waals surface area contributed by atoms with E-state index in [9.17, 15) is 4.79 Å². The summed E-state index contributed by atoms with van der Waals surface area (Å²) in [4.78, 5) is 21.3. The molecule has 1 aromatic rings. The molecule has 0 aromatic carbocycles. The number of hydrogen-bond donors (Lipinski definition) is 1. The molecule has 1 saturated heterocycles.